The summed E-state index contributed by atoms with van der Waals surface area (Å²) in [5, 5.41) is 12.0. The highest BCUT2D eigenvalue weighted by Crippen LogP contribution is 2.15. The molecule has 0 aliphatic heterocycles. The molecule has 1 aromatic rings. The molecule has 1 atom stereocenters. The number of aliphatic hydroxyl groups excluding tert-OH is 1. The van der Waals surface area contributed by atoms with Gasteiger partial charge in [0.2, 0.25) is 0 Å². The first-order chi connectivity index (χ1) is 8.00. The topological polar surface area (TPSA) is 49.3 Å². The molecule has 0 heterocycles. The van der Waals surface area contributed by atoms with Crippen LogP contribution in [0.5, 0.6) is 0 Å². The molecule has 3 nitrogen and oxygen atoms in total. The van der Waals surface area contributed by atoms with Gasteiger partial charge in [0.15, 0.2) is 0 Å². The fraction of sp³-hybridized carbons (Fsp3) is 0.462. The number of carbonyl (C=O) groups is 1. The number of carbonyl (C=O) groups excluding carboxylic acids is 1. The molecule has 0 aromatic heterocycles. The van der Waals surface area contributed by atoms with Gasteiger partial charge in [-0.1, -0.05) is 6.92 Å². The van der Waals surface area contributed by atoms with Crippen molar-refractivity contribution in [2.24, 2.45) is 0 Å². The van der Waals surface area contributed by atoms with Gasteiger partial charge in [0, 0.05) is 21.3 Å². The van der Waals surface area contributed by atoms with Crippen LogP contribution in [0.4, 0.5) is 0 Å². The molecule has 0 spiro atoms. The van der Waals surface area contributed by atoms with Gasteiger partial charge >= 0.3 is 0 Å². The maximum absolute atomic E-state index is 12.0. The minimum Gasteiger partial charge on any atom is -0.396 e. The van der Waals surface area contributed by atoms with Gasteiger partial charge < -0.3 is 10.4 Å². The van der Waals surface area contributed by atoms with Gasteiger partial charge in [-0.25, -0.2) is 0 Å². The lowest BCUT2D eigenvalue weighted by Gasteiger charge is -2.29. The molecule has 0 saturated heterocycles. The lowest BCUT2D eigenvalue weighted by atomic mass is 9.94. The Morgan fingerprint density at radius 1 is 1.41 bits per heavy atom. The van der Waals surface area contributed by atoms with Gasteiger partial charge in [-0.2, -0.15) is 0 Å². The third kappa shape index (κ3) is 4.27. The van der Waals surface area contributed by atoms with E-state index >= 15 is 0 Å². The fourth-order valence-electron chi connectivity index (χ4n) is 1.52. The van der Waals surface area contributed by atoms with E-state index in [4.69, 9.17) is 5.11 Å². The normalized spacial score (nSPS) is 14.1. The predicted molar refractivity (Wildman–Crippen MR) is 77.0 cm³/mol. The van der Waals surface area contributed by atoms with E-state index in [-0.39, 0.29) is 18.1 Å². The van der Waals surface area contributed by atoms with Gasteiger partial charge in [-0.05, 0) is 66.6 Å². The highest BCUT2D eigenvalue weighted by Gasteiger charge is 2.23. The summed E-state index contributed by atoms with van der Waals surface area (Å²) in [5.74, 6) is -0.0841. The van der Waals surface area contributed by atoms with Gasteiger partial charge in [0.05, 0.1) is 0 Å². The van der Waals surface area contributed by atoms with E-state index in [1.54, 1.807) is 0 Å². The third-order valence-electron chi connectivity index (χ3n) is 2.97. The molecule has 1 unspecified atom stereocenters. The molecule has 0 bridgehead atoms. The standard InChI is InChI=1S/C13H18INO2/c1-3-13(2,8-9-16)15-12(17)10-4-6-11(14)7-5-10/h4-7,16H,3,8-9H2,1-2H3,(H,15,17). The van der Waals surface area contributed by atoms with Crippen LogP contribution in [0.15, 0.2) is 24.3 Å². The zero-order valence-corrected chi connectivity index (χ0v) is 12.3. The number of aliphatic hydroxyl groups is 1. The number of hydrogen-bond acceptors (Lipinski definition) is 2. The van der Waals surface area contributed by atoms with E-state index < -0.39 is 0 Å². The second-order valence-corrected chi connectivity index (χ2v) is 5.59. The lowest BCUT2D eigenvalue weighted by Crippen LogP contribution is -2.46. The molecule has 1 rings (SSSR count). The summed E-state index contributed by atoms with van der Waals surface area (Å²) in [6.45, 7) is 4.04. The fourth-order valence-corrected chi connectivity index (χ4v) is 1.88. The number of amides is 1. The smallest absolute Gasteiger partial charge is 0.251 e. The molecule has 0 aliphatic rings. The summed E-state index contributed by atoms with van der Waals surface area (Å²) in [5.41, 5.74) is 0.317. The first kappa shape index (κ1) is 14.4. The largest absolute Gasteiger partial charge is 0.396 e. The van der Waals surface area contributed by atoms with E-state index in [1.807, 2.05) is 38.1 Å². The second-order valence-electron chi connectivity index (χ2n) is 4.35. The van der Waals surface area contributed by atoms with Crippen LogP contribution in [0.3, 0.4) is 0 Å². The Hall–Kier alpha value is -0.620. The Labute approximate surface area is 116 Å². The minimum atomic E-state index is -0.338. The van der Waals surface area contributed by atoms with Crippen LogP contribution in [0.2, 0.25) is 0 Å². The molecule has 1 amide bonds. The summed E-state index contributed by atoms with van der Waals surface area (Å²) >= 11 is 2.20. The quantitative estimate of drug-likeness (QED) is 0.805. The first-order valence-corrected chi connectivity index (χ1v) is 6.77. The van der Waals surface area contributed by atoms with Crippen molar-refractivity contribution < 1.29 is 9.90 Å². The van der Waals surface area contributed by atoms with Crippen molar-refractivity contribution >= 4 is 28.5 Å². The SMILES string of the molecule is CCC(C)(CCO)NC(=O)c1ccc(I)cc1. The molecule has 17 heavy (non-hydrogen) atoms. The summed E-state index contributed by atoms with van der Waals surface area (Å²) in [6.07, 6.45) is 1.36. The monoisotopic (exact) mass is 347 g/mol. The zero-order valence-electron chi connectivity index (χ0n) is 10.2. The summed E-state index contributed by atoms with van der Waals surface area (Å²) in [6, 6.07) is 7.44. The Morgan fingerprint density at radius 2 is 2.00 bits per heavy atom. The third-order valence-corrected chi connectivity index (χ3v) is 3.68. The van der Waals surface area contributed by atoms with E-state index in [1.165, 1.54) is 0 Å². The predicted octanol–water partition coefficient (Wildman–Crippen LogP) is 2.57. The van der Waals surface area contributed by atoms with Gasteiger partial charge in [-0.3, -0.25) is 4.79 Å². The van der Waals surface area contributed by atoms with Crippen LogP contribution in [-0.2, 0) is 0 Å². The Bertz CT molecular complexity index is 378. The van der Waals surface area contributed by atoms with Crippen LogP contribution in [0, 0.1) is 3.57 Å². The Balaban J connectivity index is 2.74. The van der Waals surface area contributed by atoms with Crippen molar-refractivity contribution in [3.8, 4) is 0 Å². The van der Waals surface area contributed by atoms with Crippen LogP contribution < -0.4 is 5.32 Å². The van der Waals surface area contributed by atoms with Crippen molar-refractivity contribution in [3.63, 3.8) is 0 Å². The molecule has 0 radical (unpaired) electrons. The lowest BCUT2D eigenvalue weighted by molar-refractivity contribution is 0.0886. The van der Waals surface area contributed by atoms with Crippen molar-refractivity contribution in [1.82, 2.24) is 5.32 Å². The molecule has 4 heteroatoms. The Kier molecular flexibility index (Phi) is 5.39. The number of nitrogens with one attached hydrogen (secondary N) is 1. The van der Waals surface area contributed by atoms with Crippen molar-refractivity contribution in [1.29, 1.82) is 0 Å². The molecule has 0 aliphatic carbocycles. The average Bonchev–Trinajstić information content (AvgIpc) is 2.30. The molecule has 0 saturated carbocycles. The molecular weight excluding hydrogens is 329 g/mol. The number of rotatable bonds is 5. The number of halogens is 1. The van der Waals surface area contributed by atoms with E-state index in [0.29, 0.717) is 12.0 Å². The molecule has 94 valence electrons. The van der Waals surface area contributed by atoms with Crippen LogP contribution >= 0.6 is 22.6 Å². The van der Waals surface area contributed by atoms with Gasteiger partial charge in [0.25, 0.3) is 5.91 Å². The highest BCUT2D eigenvalue weighted by molar-refractivity contribution is 14.1. The zero-order chi connectivity index (χ0) is 12.9. The minimum absolute atomic E-state index is 0.0807. The number of benzene rings is 1. The average molecular weight is 347 g/mol. The maximum Gasteiger partial charge on any atom is 0.251 e. The summed E-state index contributed by atoms with van der Waals surface area (Å²) in [4.78, 5) is 12.0. The second kappa shape index (κ2) is 6.35. The molecule has 0 fully saturated rings. The van der Waals surface area contributed by atoms with Crippen molar-refractivity contribution in [3.05, 3.63) is 33.4 Å². The van der Waals surface area contributed by atoms with E-state index in [9.17, 15) is 4.79 Å². The van der Waals surface area contributed by atoms with E-state index in [0.717, 1.165) is 9.99 Å². The van der Waals surface area contributed by atoms with E-state index in [2.05, 4.69) is 27.9 Å². The maximum atomic E-state index is 12.0. The van der Waals surface area contributed by atoms with Crippen LogP contribution in [-0.4, -0.2) is 23.2 Å². The number of hydrogen-bond donors (Lipinski definition) is 2. The summed E-state index contributed by atoms with van der Waals surface area (Å²) in [7, 11) is 0. The van der Waals surface area contributed by atoms with Crippen molar-refractivity contribution in [2.45, 2.75) is 32.2 Å². The van der Waals surface area contributed by atoms with Crippen molar-refractivity contribution in [2.75, 3.05) is 6.61 Å². The molecular formula is C13H18INO2. The van der Waals surface area contributed by atoms with Crippen LogP contribution in [0.25, 0.3) is 0 Å². The molecule has 2 N–H and O–H groups in total. The highest BCUT2D eigenvalue weighted by atomic mass is 127. The van der Waals surface area contributed by atoms with Gasteiger partial charge in [-0.15, -0.1) is 0 Å². The first-order valence-electron chi connectivity index (χ1n) is 5.69. The van der Waals surface area contributed by atoms with Crippen LogP contribution in [0.1, 0.15) is 37.0 Å². The Morgan fingerprint density at radius 3 is 2.47 bits per heavy atom. The van der Waals surface area contributed by atoms with Gasteiger partial charge in [0.1, 0.15) is 0 Å². The molecule has 1 aromatic carbocycles. The summed E-state index contributed by atoms with van der Waals surface area (Å²) < 4.78 is 1.10.